The van der Waals surface area contributed by atoms with Gasteiger partial charge in [0.1, 0.15) is 5.82 Å². The summed E-state index contributed by atoms with van der Waals surface area (Å²) < 4.78 is 19.0. The van der Waals surface area contributed by atoms with Gasteiger partial charge in [0.25, 0.3) is 0 Å². The van der Waals surface area contributed by atoms with Crippen LogP contribution < -0.4 is 5.43 Å². The van der Waals surface area contributed by atoms with Crippen LogP contribution in [0, 0.1) is 5.82 Å². The fourth-order valence-corrected chi connectivity index (χ4v) is 2.05. The lowest BCUT2D eigenvalue weighted by Crippen LogP contribution is -2.47. The summed E-state index contributed by atoms with van der Waals surface area (Å²) in [5.41, 5.74) is 4.11. The summed E-state index contributed by atoms with van der Waals surface area (Å²) in [4.78, 5) is 0. The molecule has 0 bridgehead atoms. The number of hydrogen-bond donors (Lipinski definition) is 1. The van der Waals surface area contributed by atoms with Gasteiger partial charge in [0.05, 0.1) is 13.2 Å². The van der Waals surface area contributed by atoms with E-state index in [4.69, 9.17) is 4.74 Å². The van der Waals surface area contributed by atoms with Crippen LogP contribution in [0.4, 0.5) is 4.39 Å². The zero-order valence-corrected chi connectivity index (χ0v) is 10.2. The summed E-state index contributed by atoms with van der Waals surface area (Å²) in [7, 11) is 0. The Hall–Kier alpha value is -0.970. The van der Waals surface area contributed by atoms with Gasteiger partial charge in [-0.1, -0.05) is 25.1 Å². The normalized spacial score (nSPS) is 19.2. The standard InChI is InChI=1S/C13H19FN2O/c1-2-13(11-5-3-4-6-12(11)14)15-16-7-9-17-10-8-16/h3-6,13,15H,2,7-10H2,1H3. The Balaban J connectivity index is 2.03. The van der Waals surface area contributed by atoms with Crippen molar-refractivity contribution in [3.05, 3.63) is 35.6 Å². The highest BCUT2D eigenvalue weighted by Crippen LogP contribution is 2.20. The van der Waals surface area contributed by atoms with E-state index in [1.807, 2.05) is 12.1 Å². The van der Waals surface area contributed by atoms with Gasteiger partial charge in [-0.3, -0.25) is 0 Å². The molecule has 0 aliphatic carbocycles. The molecule has 1 atom stereocenters. The van der Waals surface area contributed by atoms with Crippen LogP contribution in [0.2, 0.25) is 0 Å². The number of halogens is 1. The quantitative estimate of drug-likeness (QED) is 0.869. The van der Waals surface area contributed by atoms with Crippen LogP contribution in [-0.2, 0) is 4.74 Å². The van der Waals surface area contributed by atoms with Gasteiger partial charge >= 0.3 is 0 Å². The first-order valence-corrected chi connectivity index (χ1v) is 6.14. The molecule has 1 saturated heterocycles. The van der Waals surface area contributed by atoms with Gasteiger partial charge in [0.2, 0.25) is 0 Å². The van der Waals surface area contributed by atoms with Gasteiger partial charge in [0.15, 0.2) is 0 Å². The van der Waals surface area contributed by atoms with Gasteiger partial charge in [0, 0.05) is 24.7 Å². The van der Waals surface area contributed by atoms with E-state index in [2.05, 4.69) is 17.4 Å². The second-order valence-corrected chi connectivity index (χ2v) is 4.21. The molecule has 4 heteroatoms. The zero-order chi connectivity index (χ0) is 12.1. The van der Waals surface area contributed by atoms with E-state index >= 15 is 0 Å². The summed E-state index contributed by atoms with van der Waals surface area (Å²) >= 11 is 0. The molecule has 0 radical (unpaired) electrons. The third kappa shape index (κ3) is 3.25. The van der Waals surface area contributed by atoms with E-state index in [9.17, 15) is 4.39 Å². The van der Waals surface area contributed by atoms with E-state index in [1.54, 1.807) is 6.07 Å². The minimum atomic E-state index is -0.139. The first-order valence-electron chi connectivity index (χ1n) is 6.14. The molecular weight excluding hydrogens is 219 g/mol. The predicted molar refractivity (Wildman–Crippen MR) is 65.0 cm³/mol. The Kier molecular flexibility index (Phi) is 4.48. The number of hydrazine groups is 1. The van der Waals surface area contributed by atoms with Crippen molar-refractivity contribution in [2.45, 2.75) is 19.4 Å². The SMILES string of the molecule is CCC(NN1CCOCC1)c1ccccc1F. The van der Waals surface area contributed by atoms with Crippen LogP contribution in [0.15, 0.2) is 24.3 Å². The molecule has 0 amide bonds. The number of nitrogens with one attached hydrogen (secondary N) is 1. The first kappa shape index (κ1) is 12.5. The maximum atomic E-state index is 13.7. The van der Waals surface area contributed by atoms with E-state index in [1.165, 1.54) is 6.07 Å². The molecule has 0 saturated carbocycles. The average molecular weight is 238 g/mol. The Morgan fingerprint density at radius 3 is 2.71 bits per heavy atom. The van der Waals surface area contributed by atoms with Crippen molar-refractivity contribution >= 4 is 0 Å². The summed E-state index contributed by atoms with van der Waals surface area (Å²) in [6, 6.07) is 6.99. The smallest absolute Gasteiger partial charge is 0.128 e. The lowest BCUT2D eigenvalue weighted by Gasteiger charge is -2.31. The number of benzene rings is 1. The highest BCUT2D eigenvalue weighted by Gasteiger charge is 2.18. The summed E-state index contributed by atoms with van der Waals surface area (Å²) in [6.07, 6.45) is 0.859. The molecule has 1 unspecified atom stereocenters. The summed E-state index contributed by atoms with van der Waals surface area (Å²) in [6.45, 7) is 5.24. The van der Waals surface area contributed by atoms with E-state index < -0.39 is 0 Å². The van der Waals surface area contributed by atoms with Crippen molar-refractivity contribution < 1.29 is 9.13 Å². The Bertz CT molecular complexity index is 353. The number of morpholine rings is 1. The van der Waals surface area contributed by atoms with Crippen LogP contribution in [0.1, 0.15) is 24.9 Å². The van der Waals surface area contributed by atoms with Crippen LogP contribution in [0.5, 0.6) is 0 Å². The molecule has 1 aromatic rings. The van der Waals surface area contributed by atoms with Crippen LogP contribution >= 0.6 is 0 Å². The van der Waals surface area contributed by atoms with Crippen LogP contribution in [-0.4, -0.2) is 31.3 Å². The second kappa shape index (κ2) is 6.10. The van der Waals surface area contributed by atoms with Crippen molar-refractivity contribution in [3.63, 3.8) is 0 Å². The first-order chi connectivity index (χ1) is 8.31. The Morgan fingerprint density at radius 1 is 1.35 bits per heavy atom. The van der Waals surface area contributed by atoms with E-state index in [-0.39, 0.29) is 11.9 Å². The molecule has 1 aliphatic rings. The molecule has 0 spiro atoms. The number of nitrogens with zero attached hydrogens (tertiary/aromatic N) is 1. The average Bonchev–Trinajstić information content (AvgIpc) is 2.38. The molecule has 1 N–H and O–H groups in total. The maximum absolute atomic E-state index is 13.7. The third-order valence-electron chi connectivity index (χ3n) is 3.04. The molecule has 1 aliphatic heterocycles. The molecule has 1 aromatic carbocycles. The van der Waals surface area contributed by atoms with Crippen molar-refractivity contribution in [2.24, 2.45) is 0 Å². The second-order valence-electron chi connectivity index (χ2n) is 4.21. The minimum Gasteiger partial charge on any atom is -0.379 e. The molecule has 2 rings (SSSR count). The molecule has 17 heavy (non-hydrogen) atoms. The number of hydrogen-bond acceptors (Lipinski definition) is 3. The van der Waals surface area contributed by atoms with E-state index in [0.29, 0.717) is 0 Å². The monoisotopic (exact) mass is 238 g/mol. The molecule has 94 valence electrons. The fraction of sp³-hybridized carbons (Fsp3) is 0.538. The minimum absolute atomic E-state index is 0.0364. The maximum Gasteiger partial charge on any atom is 0.128 e. The highest BCUT2D eigenvalue weighted by atomic mass is 19.1. The lowest BCUT2D eigenvalue weighted by atomic mass is 10.0. The molecule has 3 nitrogen and oxygen atoms in total. The highest BCUT2D eigenvalue weighted by molar-refractivity contribution is 5.20. The number of rotatable bonds is 4. The molecule has 0 aromatic heterocycles. The van der Waals surface area contributed by atoms with Crippen molar-refractivity contribution in [1.29, 1.82) is 0 Å². The zero-order valence-electron chi connectivity index (χ0n) is 10.2. The molecule has 1 heterocycles. The fourth-order valence-electron chi connectivity index (χ4n) is 2.05. The summed E-state index contributed by atoms with van der Waals surface area (Å²) in [5, 5.41) is 2.12. The van der Waals surface area contributed by atoms with Crippen molar-refractivity contribution in [1.82, 2.24) is 10.4 Å². The number of ether oxygens (including phenoxy) is 1. The molecular formula is C13H19FN2O. The summed E-state index contributed by atoms with van der Waals surface area (Å²) in [5.74, 6) is -0.139. The topological polar surface area (TPSA) is 24.5 Å². The van der Waals surface area contributed by atoms with Crippen molar-refractivity contribution in [3.8, 4) is 0 Å². The lowest BCUT2D eigenvalue weighted by molar-refractivity contribution is 0.00271. The Labute approximate surface area is 102 Å². The molecule has 1 fully saturated rings. The van der Waals surface area contributed by atoms with Gasteiger partial charge < -0.3 is 4.74 Å². The largest absolute Gasteiger partial charge is 0.379 e. The van der Waals surface area contributed by atoms with E-state index in [0.717, 1.165) is 38.3 Å². The van der Waals surface area contributed by atoms with Crippen LogP contribution in [0.3, 0.4) is 0 Å². The van der Waals surface area contributed by atoms with Gasteiger partial charge in [-0.15, -0.1) is 0 Å². The van der Waals surface area contributed by atoms with Crippen LogP contribution in [0.25, 0.3) is 0 Å². The van der Waals surface area contributed by atoms with Gasteiger partial charge in [-0.2, -0.15) is 0 Å². The van der Waals surface area contributed by atoms with Gasteiger partial charge in [-0.25, -0.2) is 14.8 Å². The van der Waals surface area contributed by atoms with Crippen molar-refractivity contribution in [2.75, 3.05) is 26.3 Å². The van der Waals surface area contributed by atoms with Gasteiger partial charge in [-0.05, 0) is 12.5 Å². The predicted octanol–water partition coefficient (Wildman–Crippen LogP) is 2.11. The Morgan fingerprint density at radius 2 is 2.06 bits per heavy atom. The third-order valence-corrected chi connectivity index (χ3v) is 3.04.